The standard InChI is InChI=1S/C9H18O2/c1-9(2,3)7-8(11-4)5-6-10/h6,8H,5,7H2,1-4H3. The molecular formula is C9H18O2. The van der Waals surface area contributed by atoms with Gasteiger partial charge in [0.25, 0.3) is 0 Å². The van der Waals surface area contributed by atoms with Gasteiger partial charge in [-0.3, -0.25) is 0 Å². The lowest BCUT2D eigenvalue weighted by molar-refractivity contribution is -0.110. The maximum Gasteiger partial charge on any atom is 0.122 e. The SMILES string of the molecule is COC(CC=O)CC(C)(C)C. The third-order valence-electron chi connectivity index (χ3n) is 1.53. The van der Waals surface area contributed by atoms with Crippen molar-refractivity contribution in [2.75, 3.05) is 7.11 Å². The van der Waals surface area contributed by atoms with Crippen LogP contribution in [0.4, 0.5) is 0 Å². The fraction of sp³-hybridized carbons (Fsp3) is 0.889. The molecule has 0 bridgehead atoms. The van der Waals surface area contributed by atoms with E-state index in [1.54, 1.807) is 7.11 Å². The molecule has 0 heterocycles. The predicted octanol–water partition coefficient (Wildman–Crippen LogP) is 2.03. The average Bonchev–Trinajstić information content (AvgIpc) is 1.84. The van der Waals surface area contributed by atoms with Gasteiger partial charge in [0, 0.05) is 13.5 Å². The molecule has 0 fully saturated rings. The Bertz CT molecular complexity index is 113. The normalized spacial score (nSPS) is 14.5. The number of aldehydes is 1. The van der Waals surface area contributed by atoms with Crippen molar-refractivity contribution in [3.8, 4) is 0 Å². The van der Waals surface area contributed by atoms with Gasteiger partial charge in [-0.25, -0.2) is 0 Å². The van der Waals surface area contributed by atoms with E-state index >= 15 is 0 Å². The fourth-order valence-electron chi connectivity index (χ4n) is 1.05. The van der Waals surface area contributed by atoms with Crippen molar-refractivity contribution in [1.82, 2.24) is 0 Å². The summed E-state index contributed by atoms with van der Waals surface area (Å²) in [7, 11) is 1.65. The van der Waals surface area contributed by atoms with Crippen LogP contribution in [0.1, 0.15) is 33.6 Å². The molecule has 11 heavy (non-hydrogen) atoms. The topological polar surface area (TPSA) is 26.3 Å². The third-order valence-corrected chi connectivity index (χ3v) is 1.53. The fourth-order valence-corrected chi connectivity index (χ4v) is 1.05. The lowest BCUT2D eigenvalue weighted by Crippen LogP contribution is -2.19. The van der Waals surface area contributed by atoms with E-state index in [1.807, 2.05) is 0 Å². The average molecular weight is 158 g/mol. The van der Waals surface area contributed by atoms with E-state index < -0.39 is 0 Å². The van der Waals surface area contributed by atoms with E-state index in [0.717, 1.165) is 12.7 Å². The maximum atomic E-state index is 10.2. The molecule has 2 nitrogen and oxygen atoms in total. The first-order valence-corrected chi connectivity index (χ1v) is 3.96. The highest BCUT2D eigenvalue weighted by molar-refractivity contribution is 5.50. The summed E-state index contributed by atoms with van der Waals surface area (Å²) in [5.41, 5.74) is 0.240. The van der Waals surface area contributed by atoms with E-state index in [1.165, 1.54) is 0 Å². The Morgan fingerprint density at radius 1 is 1.45 bits per heavy atom. The summed E-state index contributed by atoms with van der Waals surface area (Å²) in [4.78, 5) is 10.2. The Kier molecular flexibility index (Phi) is 4.34. The number of hydrogen-bond donors (Lipinski definition) is 0. The molecule has 0 aromatic carbocycles. The first-order valence-electron chi connectivity index (χ1n) is 3.96. The first kappa shape index (κ1) is 10.6. The smallest absolute Gasteiger partial charge is 0.122 e. The third kappa shape index (κ3) is 6.05. The zero-order valence-corrected chi connectivity index (χ0v) is 7.89. The summed E-state index contributed by atoms with van der Waals surface area (Å²) >= 11 is 0. The summed E-state index contributed by atoms with van der Waals surface area (Å²) in [6.45, 7) is 6.43. The molecule has 0 aromatic heterocycles. The zero-order valence-electron chi connectivity index (χ0n) is 7.89. The van der Waals surface area contributed by atoms with Gasteiger partial charge in [0.05, 0.1) is 6.10 Å². The van der Waals surface area contributed by atoms with Crippen molar-refractivity contribution in [3.05, 3.63) is 0 Å². The van der Waals surface area contributed by atoms with Crippen molar-refractivity contribution in [2.24, 2.45) is 5.41 Å². The monoisotopic (exact) mass is 158 g/mol. The number of methoxy groups -OCH3 is 1. The van der Waals surface area contributed by atoms with Crippen molar-refractivity contribution in [3.63, 3.8) is 0 Å². The van der Waals surface area contributed by atoms with Gasteiger partial charge in [-0.15, -0.1) is 0 Å². The second-order valence-corrected chi connectivity index (χ2v) is 4.02. The Hall–Kier alpha value is -0.370. The second kappa shape index (κ2) is 4.50. The Morgan fingerprint density at radius 2 is 2.00 bits per heavy atom. The maximum absolute atomic E-state index is 10.2. The van der Waals surface area contributed by atoms with E-state index in [9.17, 15) is 4.79 Å². The quantitative estimate of drug-likeness (QED) is 0.585. The summed E-state index contributed by atoms with van der Waals surface area (Å²) in [5, 5.41) is 0. The number of hydrogen-bond acceptors (Lipinski definition) is 2. The van der Waals surface area contributed by atoms with Gasteiger partial charge in [-0.1, -0.05) is 20.8 Å². The van der Waals surface area contributed by atoms with Crippen molar-refractivity contribution >= 4 is 6.29 Å². The molecule has 0 aliphatic heterocycles. The van der Waals surface area contributed by atoms with E-state index in [4.69, 9.17) is 4.74 Å². The summed E-state index contributed by atoms with van der Waals surface area (Å²) in [6, 6.07) is 0. The Balaban J connectivity index is 3.77. The zero-order chi connectivity index (χ0) is 8.91. The number of ether oxygens (including phenoxy) is 1. The van der Waals surface area contributed by atoms with Crippen LogP contribution in [0.15, 0.2) is 0 Å². The molecule has 0 radical (unpaired) electrons. The van der Waals surface area contributed by atoms with Crippen LogP contribution in [0, 0.1) is 5.41 Å². The number of carbonyl (C=O) groups excluding carboxylic acids is 1. The predicted molar refractivity (Wildman–Crippen MR) is 45.6 cm³/mol. The molecule has 1 unspecified atom stereocenters. The van der Waals surface area contributed by atoms with Crippen LogP contribution >= 0.6 is 0 Å². The van der Waals surface area contributed by atoms with Gasteiger partial charge in [0.1, 0.15) is 6.29 Å². The molecule has 0 spiro atoms. The minimum atomic E-state index is 0.0903. The molecule has 0 aliphatic rings. The molecule has 66 valence electrons. The molecule has 0 saturated carbocycles. The van der Waals surface area contributed by atoms with Crippen molar-refractivity contribution in [1.29, 1.82) is 0 Å². The molecule has 0 aromatic rings. The molecule has 2 heteroatoms. The highest BCUT2D eigenvalue weighted by Gasteiger charge is 2.17. The molecule has 0 rings (SSSR count). The van der Waals surface area contributed by atoms with E-state index in [0.29, 0.717) is 6.42 Å². The van der Waals surface area contributed by atoms with Crippen molar-refractivity contribution < 1.29 is 9.53 Å². The van der Waals surface area contributed by atoms with Gasteiger partial charge < -0.3 is 9.53 Å². The minimum Gasteiger partial charge on any atom is -0.381 e. The van der Waals surface area contributed by atoms with Crippen LogP contribution in [-0.2, 0) is 9.53 Å². The van der Waals surface area contributed by atoms with Crippen LogP contribution in [-0.4, -0.2) is 19.5 Å². The summed E-state index contributed by atoms with van der Waals surface area (Å²) < 4.78 is 5.14. The van der Waals surface area contributed by atoms with Crippen LogP contribution in [0.25, 0.3) is 0 Å². The Morgan fingerprint density at radius 3 is 2.27 bits per heavy atom. The highest BCUT2D eigenvalue weighted by Crippen LogP contribution is 2.22. The van der Waals surface area contributed by atoms with Crippen LogP contribution in [0.2, 0.25) is 0 Å². The molecule has 0 N–H and O–H groups in total. The van der Waals surface area contributed by atoms with Gasteiger partial charge in [-0.05, 0) is 11.8 Å². The molecule has 0 aliphatic carbocycles. The lowest BCUT2D eigenvalue weighted by atomic mass is 9.88. The molecule has 1 atom stereocenters. The molecular weight excluding hydrogens is 140 g/mol. The van der Waals surface area contributed by atoms with Gasteiger partial charge in [0.2, 0.25) is 0 Å². The van der Waals surface area contributed by atoms with Crippen molar-refractivity contribution in [2.45, 2.75) is 39.7 Å². The molecule has 0 amide bonds. The number of rotatable bonds is 4. The summed E-state index contributed by atoms with van der Waals surface area (Å²) in [6.07, 6.45) is 2.45. The van der Waals surface area contributed by atoms with Gasteiger partial charge in [0.15, 0.2) is 0 Å². The van der Waals surface area contributed by atoms with Crippen LogP contribution in [0.5, 0.6) is 0 Å². The number of carbonyl (C=O) groups is 1. The van der Waals surface area contributed by atoms with E-state index in [-0.39, 0.29) is 11.5 Å². The summed E-state index contributed by atoms with van der Waals surface area (Å²) in [5.74, 6) is 0. The Labute approximate surface area is 68.9 Å². The van der Waals surface area contributed by atoms with Crippen LogP contribution < -0.4 is 0 Å². The second-order valence-electron chi connectivity index (χ2n) is 4.02. The molecule has 0 saturated heterocycles. The van der Waals surface area contributed by atoms with Gasteiger partial charge in [-0.2, -0.15) is 0 Å². The van der Waals surface area contributed by atoms with E-state index in [2.05, 4.69) is 20.8 Å². The highest BCUT2D eigenvalue weighted by atomic mass is 16.5. The lowest BCUT2D eigenvalue weighted by Gasteiger charge is -2.23. The minimum absolute atomic E-state index is 0.0903. The van der Waals surface area contributed by atoms with Gasteiger partial charge >= 0.3 is 0 Å². The first-order chi connectivity index (χ1) is 4.99. The largest absolute Gasteiger partial charge is 0.381 e. The van der Waals surface area contributed by atoms with Crippen LogP contribution in [0.3, 0.4) is 0 Å².